The topological polar surface area (TPSA) is 91.1 Å². The van der Waals surface area contributed by atoms with E-state index in [9.17, 15) is 9.59 Å². The number of nitrogen functional groups attached to an aromatic ring is 1. The van der Waals surface area contributed by atoms with Crippen LogP contribution in [0.2, 0.25) is 0 Å². The van der Waals surface area contributed by atoms with Crippen LogP contribution in [0, 0.1) is 0 Å². The second-order valence-electron chi connectivity index (χ2n) is 6.36. The molecule has 146 valence electrons. The van der Waals surface area contributed by atoms with E-state index in [1.54, 1.807) is 60.7 Å². The van der Waals surface area contributed by atoms with Crippen LogP contribution < -0.4 is 24.8 Å². The second-order valence-corrected chi connectivity index (χ2v) is 6.36. The lowest BCUT2D eigenvalue weighted by Gasteiger charge is -2.16. The third-order valence-electron chi connectivity index (χ3n) is 4.60. The van der Waals surface area contributed by atoms with E-state index >= 15 is 0 Å². The fraction of sp³-hybridized carbons (Fsp3) is 0.0909. The first-order valence-corrected chi connectivity index (χ1v) is 8.80. The van der Waals surface area contributed by atoms with Crippen LogP contribution in [-0.2, 0) is 0 Å². The maximum atomic E-state index is 13.0. The molecule has 7 heteroatoms. The summed E-state index contributed by atoms with van der Waals surface area (Å²) in [5, 5.41) is 0. The van der Waals surface area contributed by atoms with E-state index in [1.165, 1.54) is 14.2 Å². The Bertz CT molecular complexity index is 1110. The SMILES string of the molecule is COc1ccc(N2C(=O)c3ccc(Oc4ccc(N)cc4)cc3C2=O)cc1OC. The molecule has 3 aromatic rings. The van der Waals surface area contributed by atoms with Crippen LogP contribution in [-0.4, -0.2) is 26.0 Å². The minimum Gasteiger partial charge on any atom is -0.493 e. The standard InChI is InChI=1S/C22H18N2O5/c1-27-19-10-5-14(11-20(19)28-2)24-21(25)17-9-8-16(12-18(17)22(24)26)29-15-6-3-13(23)4-7-15/h3-12H,23H2,1-2H3. The van der Waals surface area contributed by atoms with Crippen molar-refractivity contribution in [2.75, 3.05) is 24.9 Å². The molecule has 1 aliphatic heterocycles. The van der Waals surface area contributed by atoms with Crippen molar-refractivity contribution in [3.63, 3.8) is 0 Å². The van der Waals surface area contributed by atoms with Gasteiger partial charge >= 0.3 is 0 Å². The number of nitrogens with two attached hydrogens (primary N) is 1. The van der Waals surface area contributed by atoms with E-state index in [2.05, 4.69) is 0 Å². The molecule has 0 unspecified atom stereocenters. The first-order valence-electron chi connectivity index (χ1n) is 8.80. The maximum Gasteiger partial charge on any atom is 0.266 e. The van der Waals surface area contributed by atoms with Gasteiger partial charge in [-0.05, 0) is 54.6 Å². The van der Waals surface area contributed by atoms with E-state index in [0.717, 1.165) is 4.90 Å². The van der Waals surface area contributed by atoms with E-state index in [-0.39, 0.29) is 5.56 Å². The van der Waals surface area contributed by atoms with Gasteiger partial charge in [-0.15, -0.1) is 0 Å². The highest BCUT2D eigenvalue weighted by molar-refractivity contribution is 6.34. The van der Waals surface area contributed by atoms with Crippen molar-refractivity contribution in [2.45, 2.75) is 0 Å². The molecule has 1 aliphatic rings. The van der Waals surface area contributed by atoms with Gasteiger partial charge in [0, 0.05) is 11.8 Å². The zero-order valence-electron chi connectivity index (χ0n) is 15.8. The Morgan fingerprint density at radius 3 is 2.07 bits per heavy atom. The van der Waals surface area contributed by atoms with Crippen molar-refractivity contribution in [1.29, 1.82) is 0 Å². The number of carbonyl (C=O) groups is 2. The number of nitrogens with zero attached hydrogens (tertiary/aromatic N) is 1. The van der Waals surface area contributed by atoms with Crippen LogP contribution in [0.4, 0.5) is 11.4 Å². The Morgan fingerprint density at radius 2 is 1.38 bits per heavy atom. The third kappa shape index (κ3) is 3.23. The molecule has 29 heavy (non-hydrogen) atoms. The molecule has 4 rings (SSSR count). The number of rotatable bonds is 5. The molecule has 0 bridgehead atoms. The van der Waals surface area contributed by atoms with E-state index in [0.29, 0.717) is 39.9 Å². The lowest BCUT2D eigenvalue weighted by atomic mass is 10.1. The Balaban J connectivity index is 1.65. The van der Waals surface area contributed by atoms with Crippen LogP contribution in [0.5, 0.6) is 23.0 Å². The van der Waals surface area contributed by atoms with Gasteiger partial charge in [-0.2, -0.15) is 0 Å². The quantitative estimate of drug-likeness (QED) is 0.525. The number of carbonyl (C=O) groups excluding carboxylic acids is 2. The first kappa shape index (κ1) is 18.4. The lowest BCUT2D eigenvalue weighted by molar-refractivity contribution is 0.0926. The molecule has 0 fully saturated rings. The van der Waals surface area contributed by atoms with Crippen molar-refractivity contribution in [3.05, 3.63) is 71.8 Å². The van der Waals surface area contributed by atoms with Gasteiger partial charge in [0.1, 0.15) is 11.5 Å². The van der Waals surface area contributed by atoms with Gasteiger partial charge in [0.25, 0.3) is 11.8 Å². The summed E-state index contributed by atoms with van der Waals surface area (Å²) in [7, 11) is 3.01. The molecule has 0 aromatic heterocycles. The molecule has 0 saturated heterocycles. The largest absolute Gasteiger partial charge is 0.493 e. The number of ether oxygens (including phenoxy) is 3. The smallest absolute Gasteiger partial charge is 0.266 e. The molecule has 0 radical (unpaired) electrons. The predicted octanol–water partition coefficient (Wildman–Crippen LogP) is 3.88. The van der Waals surface area contributed by atoms with Gasteiger partial charge < -0.3 is 19.9 Å². The van der Waals surface area contributed by atoms with Crippen molar-refractivity contribution in [1.82, 2.24) is 0 Å². The average Bonchev–Trinajstić information content (AvgIpc) is 2.99. The molecule has 7 nitrogen and oxygen atoms in total. The van der Waals surface area contributed by atoms with E-state index in [4.69, 9.17) is 19.9 Å². The summed E-state index contributed by atoms with van der Waals surface area (Å²) in [6.45, 7) is 0. The monoisotopic (exact) mass is 390 g/mol. The van der Waals surface area contributed by atoms with E-state index < -0.39 is 11.8 Å². The van der Waals surface area contributed by atoms with Gasteiger partial charge in [0.05, 0.1) is 31.0 Å². The molecule has 1 heterocycles. The summed E-state index contributed by atoms with van der Waals surface area (Å²) in [6.07, 6.45) is 0. The second kappa shape index (κ2) is 7.20. The zero-order valence-corrected chi connectivity index (χ0v) is 15.8. The van der Waals surface area contributed by atoms with E-state index in [1.807, 2.05) is 0 Å². The summed E-state index contributed by atoms with van der Waals surface area (Å²) < 4.78 is 16.3. The fourth-order valence-corrected chi connectivity index (χ4v) is 3.15. The first-order chi connectivity index (χ1) is 14.0. The van der Waals surface area contributed by atoms with Gasteiger partial charge in [0.15, 0.2) is 11.5 Å². The zero-order chi connectivity index (χ0) is 20.5. The molecule has 2 amide bonds. The van der Waals surface area contributed by atoms with Gasteiger partial charge in [0.2, 0.25) is 0 Å². The van der Waals surface area contributed by atoms with Crippen LogP contribution in [0.25, 0.3) is 0 Å². The highest BCUT2D eigenvalue weighted by atomic mass is 16.5. The molecule has 0 saturated carbocycles. The summed E-state index contributed by atoms with van der Waals surface area (Å²) in [4.78, 5) is 26.9. The fourth-order valence-electron chi connectivity index (χ4n) is 3.15. The average molecular weight is 390 g/mol. The number of hydrogen-bond donors (Lipinski definition) is 1. The third-order valence-corrected chi connectivity index (χ3v) is 4.60. The Labute approximate surface area is 167 Å². The lowest BCUT2D eigenvalue weighted by Crippen LogP contribution is -2.29. The number of hydrogen-bond acceptors (Lipinski definition) is 6. The van der Waals surface area contributed by atoms with Gasteiger partial charge in [-0.25, -0.2) is 4.90 Å². The number of anilines is 2. The Kier molecular flexibility index (Phi) is 4.56. The molecular weight excluding hydrogens is 372 g/mol. The summed E-state index contributed by atoms with van der Waals surface area (Å²) in [6, 6.07) is 16.6. The van der Waals surface area contributed by atoms with Crippen LogP contribution in [0.15, 0.2) is 60.7 Å². The van der Waals surface area contributed by atoms with Gasteiger partial charge in [-0.1, -0.05) is 0 Å². The summed E-state index contributed by atoms with van der Waals surface area (Å²) >= 11 is 0. The van der Waals surface area contributed by atoms with Crippen molar-refractivity contribution >= 4 is 23.2 Å². The molecule has 3 aromatic carbocycles. The molecule has 0 atom stereocenters. The van der Waals surface area contributed by atoms with Crippen LogP contribution >= 0.6 is 0 Å². The molecule has 2 N–H and O–H groups in total. The Hall–Kier alpha value is -4.00. The normalized spacial score (nSPS) is 12.7. The Morgan fingerprint density at radius 1 is 0.724 bits per heavy atom. The highest BCUT2D eigenvalue weighted by Gasteiger charge is 2.37. The predicted molar refractivity (Wildman–Crippen MR) is 108 cm³/mol. The van der Waals surface area contributed by atoms with Crippen molar-refractivity contribution in [3.8, 4) is 23.0 Å². The minimum absolute atomic E-state index is 0.276. The highest BCUT2D eigenvalue weighted by Crippen LogP contribution is 2.36. The van der Waals surface area contributed by atoms with Crippen LogP contribution in [0.1, 0.15) is 20.7 Å². The summed E-state index contributed by atoms with van der Waals surface area (Å²) in [5.41, 5.74) is 7.29. The van der Waals surface area contributed by atoms with Crippen LogP contribution in [0.3, 0.4) is 0 Å². The number of amides is 2. The number of methoxy groups -OCH3 is 2. The van der Waals surface area contributed by atoms with Gasteiger partial charge in [-0.3, -0.25) is 9.59 Å². The number of benzene rings is 3. The molecular formula is C22H18N2O5. The van der Waals surface area contributed by atoms with Crippen molar-refractivity contribution in [2.24, 2.45) is 0 Å². The molecule has 0 spiro atoms. The maximum absolute atomic E-state index is 13.0. The number of imide groups is 1. The van der Waals surface area contributed by atoms with Crippen molar-refractivity contribution < 1.29 is 23.8 Å². The minimum atomic E-state index is -0.431. The summed E-state index contributed by atoms with van der Waals surface area (Å²) in [5.74, 6) is 1.12. The number of fused-ring (bicyclic) bond motifs is 1. The molecule has 0 aliphatic carbocycles.